The van der Waals surface area contributed by atoms with Gasteiger partial charge in [-0.1, -0.05) is 53.9 Å². The van der Waals surface area contributed by atoms with Crippen LogP contribution in [0, 0.1) is 34.5 Å². The average Bonchev–Trinajstić information content (AvgIpc) is 4.07. The number of nitrogens with zero attached hydrogens (tertiary/aromatic N) is 3. The Balaban J connectivity index is 1.26. The number of carbonyl (C=O) groups is 4. The van der Waals surface area contributed by atoms with Crippen molar-refractivity contribution in [1.29, 1.82) is 0 Å². The van der Waals surface area contributed by atoms with Crippen molar-refractivity contribution in [3.63, 3.8) is 0 Å². The number of carbonyl (C=O) groups excluding carboxylic acids is 4. The van der Waals surface area contributed by atoms with Crippen LogP contribution in [0.1, 0.15) is 117 Å². The summed E-state index contributed by atoms with van der Waals surface area (Å²) >= 11 is 0. The summed E-state index contributed by atoms with van der Waals surface area (Å²) in [6, 6.07) is 4.54. The van der Waals surface area contributed by atoms with E-state index in [1.165, 1.54) is 0 Å². The lowest BCUT2D eigenvalue weighted by Gasteiger charge is -2.35. The maximum atomic E-state index is 15.0. The SMILES string of the molecule is CC[C@@H]1[C@@H]2CN(C(=O)[C@H](C(C)(C)C)CC(=O)O[C@@H]3C[C@H]3CCCCCc3nc4ccc(OC)cc4nc3O2)[C@@H]1C(=O)C[C@]1(C(=O)NS(=O)(=O)C2CC2)C[C@H]1CC. The fraction of sp³-hybridized carbons (Fsp3) is 0.714. The van der Waals surface area contributed by atoms with E-state index < -0.39 is 62.0 Å². The zero-order valence-corrected chi connectivity index (χ0v) is 34.5. The highest BCUT2D eigenvalue weighted by molar-refractivity contribution is 7.90. The zero-order chi connectivity index (χ0) is 40.2. The predicted molar refractivity (Wildman–Crippen MR) is 208 cm³/mol. The summed E-state index contributed by atoms with van der Waals surface area (Å²) in [6.07, 6.45) is 6.51. The Morgan fingerprint density at radius 2 is 1.77 bits per heavy atom. The molecule has 3 heterocycles. The lowest BCUT2D eigenvalue weighted by Crippen LogP contribution is -2.50. The third-order valence-electron chi connectivity index (χ3n) is 13.1. The Kier molecular flexibility index (Phi) is 11.2. The van der Waals surface area contributed by atoms with Gasteiger partial charge in [-0.15, -0.1) is 0 Å². The maximum absolute atomic E-state index is 15.0. The van der Waals surface area contributed by atoms with Crippen molar-refractivity contribution < 1.29 is 41.8 Å². The van der Waals surface area contributed by atoms with Crippen molar-refractivity contribution in [3.8, 4) is 11.6 Å². The Labute approximate surface area is 330 Å². The van der Waals surface area contributed by atoms with E-state index in [1.54, 1.807) is 18.1 Å². The molecule has 13 nitrogen and oxygen atoms in total. The Bertz CT molecular complexity index is 1980. The number of hydrogen-bond acceptors (Lipinski definition) is 11. The van der Waals surface area contributed by atoms with E-state index in [0.29, 0.717) is 72.8 Å². The first-order valence-electron chi connectivity index (χ1n) is 20.7. The Hall–Kier alpha value is -3.81. The van der Waals surface area contributed by atoms with Gasteiger partial charge in [-0.05, 0) is 80.8 Å². The van der Waals surface area contributed by atoms with Gasteiger partial charge in [-0.2, -0.15) is 0 Å². The minimum Gasteiger partial charge on any atom is -0.497 e. The molecular formula is C42H58N4O9S. The van der Waals surface area contributed by atoms with Crippen LogP contribution in [0.4, 0.5) is 0 Å². The van der Waals surface area contributed by atoms with E-state index in [4.69, 9.17) is 24.2 Å². The van der Waals surface area contributed by atoms with Gasteiger partial charge in [0.05, 0.1) is 53.7 Å². The number of rotatable bonds is 9. The van der Waals surface area contributed by atoms with E-state index in [2.05, 4.69) is 4.72 Å². The van der Waals surface area contributed by atoms with E-state index in [-0.39, 0.29) is 43.1 Å². The van der Waals surface area contributed by atoms with Gasteiger partial charge in [-0.3, -0.25) is 23.9 Å². The van der Waals surface area contributed by atoms with Crippen LogP contribution in [0.15, 0.2) is 18.2 Å². The molecule has 8 atom stereocenters. The van der Waals surface area contributed by atoms with Crippen molar-refractivity contribution in [2.75, 3.05) is 13.7 Å². The van der Waals surface area contributed by atoms with Crippen LogP contribution < -0.4 is 14.2 Å². The lowest BCUT2D eigenvalue weighted by atomic mass is 9.77. The molecule has 1 N–H and O–H groups in total. The normalized spacial score (nSPS) is 31.2. The number of sulfonamides is 1. The van der Waals surface area contributed by atoms with Gasteiger partial charge in [0.25, 0.3) is 0 Å². The molecule has 0 unspecified atom stereocenters. The highest BCUT2D eigenvalue weighted by Gasteiger charge is 2.62. The number of ether oxygens (including phenoxy) is 3. The van der Waals surface area contributed by atoms with Gasteiger partial charge in [0, 0.05) is 18.4 Å². The maximum Gasteiger partial charge on any atom is 0.306 e. The average molecular weight is 795 g/mol. The van der Waals surface area contributed by atoms with Crippen molar-refractivity contribution in [1.82, 2.24) is 19.6 Å². The number of aryl methyl sites for hydroxylation is 1. The molecule has 2 amide bonds. The van der Waals surface area contributed by atoms with Crippen LogP contribution in [0.5, 0.6) is 11.6 Å². The molecule has 3 aliphatic carbocycles. The van der Waals surface area contributed by atoms with Crippen molar-refractivity contribution >= 4 is 44.6 Å². The summed E-state index contributed by atoms with van der Waals surface area (Å²) in [6.45, 7) is 9.67. The largest absolute Gasteiger partial charge is 0.497 e. The second-order valence-electron chi connectivity index (χ2n) is 18.0. The summed E-state index contributed by atoms with van der Waals surface area (Å²) in [5.74, 6) is -1.90. The molecule has 2 aliphatic heterocycles. The highest BCUT2D eigenvalue weighted by atomic mass is 32.2. The second kappa shape index (κ2) is 15.5. The zero-order valence-electron chi connectivity index (χ0n) is 33.7. The van der Waals surface area contributed by atoms with Gasteiger partial charge in [0.2, 0.25) is 27.7 Å². The first-order chi connectivity index (χ1) is 26.6. The standard InChI is InChI=1S/C42H58N4O9S/c1-7-25-21-42(25,40(50)45-56(51,52)27-15-16-27)22-33(47)37-28(8-2)35-23-46(37)39(49)29(41(3,4)5)20-36(48)54-34-18-24(34)12-10-9-11-13-31-38(55-35)44-32-19-26(53-6)14-17-30(32)43-31/h14,17,19,24-25,27-29,34-35,37H,7-13,15-16,18,20-23H2,1-6H3,(H,45,50)/t24-,25-,28-,29-,34-,35+,37+,42-/m1/s1. The molecule has 2 aromatic rings. The van der Waals surface area contributed by atoms with Crippen molar-refractivity contribution in [3.05, 3.63) is 23.9 Å². The quantitative estimate of drug-likeness (QED) is 0.309. The van der Waals surface area contributed by atoms with Gasteiger partial charge in [-0.25, -0.2) is 18.4 Å². The van der Waals surface area contributed by atoms with Crippen LogP contribution in [0.25, 0.3) is 11.0 Å². The first kappa shape index (κ1) is 40.4. The molecule has 7 rings (SSSR count). The number of fused-ring (bicyclic) bond motifs is 5. The van der Waals surface area contributed by atoms with Gasteiger partial charge >= 0.3 is 5.97 Å². The molecule has 0 radical (unpaired) electrons. The third kappa shape index (κ3) is 8.27. The molecule has 1 saturated heterocycles. The topological polar surface area (TPSA) is 171 Å². The van der Waals surface area contributed by atoms with Crippen LogP contribution >= 0.6 is 0 Å². The predicted octanol–water partition coefficient (Wildman–Crippen LogP) is 5.71. The van der Waals surface area contributed by atoms with E-state index in [1.807, 2.05) is 46.8 Å². The van der Waals surface area contributed by atoms with Gasteiger partial charge in [0.1, 0.15) is 23.7 Å². The molecule has 56 heavy (non-hydrogen) atoms. The smallest absolute Gasteiger partial charge is 0.306 e. The molecule has 4 fully saturated rings. The molecular weight excluding hydrogens is 737 g/mol. The minimum absolute atomic E-state index is 0.0593. The number of nitrogens with one attached hydrogen (secondary N) is 1. The minimum atomic E-state index is -3.83. The number of ketones is 1. The fourth-order valence-corrected chi connectivity index (χ4v) is 10.6. The molecule has 14 heteroatoms. The third-order valence-corrected chi connectivity index (χ3v) is 14.9. The van der Waals surface area contributed by atoms with E-state index >= 15 is 0 Å². The summed E-state index contributed by atoms with van der Waals surface area (Å²) in [7, 11) is -2.24. The van der Waals surface area contributed by atoms with E-state index in [9.17, 15) is 27.6 Å². The summed E-state index contributed by atoms with van der Waals surface area (Å²) in [4.78, 5) is 68.6. The molecule has 0 spiro atoms. The molecule has 2 bridgehead atoms. The van der Waals surface area contributed by atoms with Gasteiger partial charge in [0.15, 0.2) is 5.78 Å². The van der Waals surface area contributed by atoms with Crippen molar-refractivity contribution in [2.45, 2.75) is 142 Å². The first-order valence-corrected chi connectivity index (χ1v) is 22.2. The number of esters is 1. The van der Waals surface area contributed by atoms with Crippen molar-refractivity contribution in [2.24, 2.45) is 34.5 Å². The Morgan fingerprint density at radius 1 is 1.00 bits per heavy atom. The van der Waals surface area contributed by atoms with Crippen LogP contribution in [-0.2, 0) is 40.4 Å². The lowest BCUT2D eigenvalue weighted by molar-refractivity contribution is -0.154. The monoisotopic (exact) mass is 794 g/mol. The van der Waals surface area contributed by atoms with Crippen LogP contribution in [0.2, 0.25) is 0 Å². The summed E-state index contributed by atoms with van der Waals surface area (Å²) in [5.41, 5.74) is 0.156. The molecule has 306 valence electrons. The Morgan fingerprint density at radius 3 is 2.43 bits per heavy atom. The van der Waals surface area contributed by atoms with Gasteiger partial charge < -0.3 is 19.1 Å². The van der Waals surface area contributed by atoms with Crippen LogP contribution in [-0.4, -0.2) is 84.0 Å². The molecule has 1 aromatic heterocycles. The summed E-state index contributed by atoms with van der Waals surface area (Å²) < 4.78 is 46.3. The molecule has 5 aliphatic rings. The molecule has 1 aromatic carbocycles. The highest BCUT2D eigenvalue weighted by Crippen LogP contribution is 2.58. The van der Waals surface area contributed by atoms with Crippen LogP contribution in [0.3, 0.4) is 0 Å². The number of Topliss-reactive ketones (excluding diaryl/α,β-unsaturated/α-hetero) is 1. The molecule has 3 saturated carbocycles. The number of amides is 2. The number of aromatic nitrogens is 2. The van der Waals surface area contributed by atoms with E-state index in [0.717, 1.165) is 32.1 Å². The summed E-state index contributed by atoms with van der Waals surface area (Å²) in [5, 5.41) is -0.585. The number of hydrogen-bond donors (Lipinski definition) is 1. The number of methoxy groups -OCH3 is 1. The number of benzene rings is 1. The fourth-order valence-electron chi connectivity index (χ4n) is 9.20. The second-order valence-corrected chi connectivity index (χ2v) is 20.0.